The summed E-state index contributed by atoms with van der Waals surface area (Å²) in [6, 6.07) is 4.68. The predicted molar refractivity (Wildman–Crippen MR) is 130 cm³/mol. The minimum atomic E-state index is 0.0178. The molecule has 0 unspecified atom stereocenters. The Kier molecular flexibility index (Phi) is 7.85. The van der Waals surface area contributed by atoms with Crippen LogP contribution in [0.3, 0.4) is 0 Å². The summed E-state index contributed by atoms with van der Waals surface area (Å²) in [6.45, 7) is 9.27. The monoisotopic (exact) mass is 458 g/mol. The van der Waals surface area contributed by atoms with E-state index in [4.69, 9.17) is 14.2 Å². The molecule has 6 nitrogen and oxygen atoms in total. The maximum Gasteiger partial charge on any atom is 0.309 e. The number of ether oxygens (including phenoxy) is 3. The van der Waals surface area contributed by atoms with E-state index >= 15 is 0 Å². The average Bonchev–Trinajstić information content (AvgIpc) is 2.81. The van der Waals surface area contributed by atoms with Crippen molar-refractivity contribution in [2.24, 2.45) is 23.7 Å². The number of nitrogens with zero attached hydrogens (tertiary/aromatic N) is 2. The second kappa shape index (κ2) is 10.6. The highest BCUT2D eigenvalue weighted by atomic mass is 16.5. The first kappa shape index (κ1) is 24.3. The van der Waals surface area contributed by atoms with E-state index in [1.165, 1.54) is 17.5 Å². The molecule has 3 aliphatic heterocycles. The molecule has 2 fully saturated rings. The van der Waals surface area contributed by atoms with Gasteiger partial charge in [-0.3, -0.25) is 9.69 Å². The maximum atomic E-state index is 12.8. The lowest BCUT2D eigenvalue weighted by atomic mass is 9.74. The summed E-state index contributed by atoms with van der Waals surface area (Å²) in [4.78, 5) is 17.8. The molecule has 0 aliphatic carbocycles. The SMILES string of the molecule is COc1cc2c(cc1OC)[C@H]1C[C@@H](COC(=O)C3CCN(C)CC3)[C@H](CC(C)C)CN1CC2. The van der Waals surface area contributed by atoms with Crippen LogP contribution in [-0.4, -0.2) is 69.8 Å². The number of piperidine rings is 2. The number of rotatable bonds is 7. The third-order valence-corrected chi connectivity index (χ3v) is 8.04. The van der Waals surface area contributed by atoms with Gasteiger partial charge in [0.25, 0.3) is 0 Å². The van der Waals surface area contributed by atoms with E-state index < -0.39 is 0 Å². The first-order chi connectivity index (χ1) is 15.9. The van der Waals surface area contributed by atoms with E-state index in [2.05, 4.69) is 42.8 Å². The van der Waals surface area contributed by atoms with Crippen molar-refractivity contribution >= 4 is 5.97 Å². The summed E-state index contributed by atoms with van der Waals surface area (Å²) in [5.41, 5.74) is 2.71. The van der Waals surface area contributed by atoms with Crippen LogP contribution < -0.4 is 9.47 Å². The van der Waals surface area contributed by atoms with Crippen LogP contribution >= 0.6 is 0 Å². The zero-order valence-electron chi connectivity index (χ0n) is 21.1. The molecular weight excluding hydrogens is 416 g/mol. The number of hydrogen-bond donors (Lipinski definition) is 0. The van der Waals surface area contributed by atoms with Gasteiger partial charge < -0.3 is 19.1 Å². The number of fused-ring (bicyclic) bond motifs is 3. The molecule has 0 saturated carbocycles. The van der Waals surface area contributed by atoms with Gasteiger partial charge in [-0.05, 0) is 93.3 Å². The molecule has 3 heterocycles. The Morgan fingerprint density at radius 1 is 1.06 bits per heavy atom. The standard InChI is InChI=1S/C27H42N2O4/c1-18(2)12-21-16-29-11-8-20-14-25(31-4)26(32-5)15-23(20)24(29)13-22(21)17-33-27(30)19-6-9-28(3)10-7-19/h14-15,18-19,21-22,24H,6-13,16-17H2,1-5H3/t21-,22+,24-/m1/s1. The smallest absolute Gasteiger partial charge is 0.309 e. The van der Waals surface area contributed by atoms with Gasteiger partial charge in [0.05, 0.1) is 26.7 Å². The van der Waals surface area contributed by atoms with Crippen molar-refractivity contribution in [2.75, 3.05) is 54.1 Å². The van der Waals surface area contributed by atoms with Crippen LogP contribution in [0.25, 0.3) is 0 Å². The molecular formula is C27H42N2O4. The fourth-order valence-corrected chi connectivity index (χ4v) is 6.13. The third-order valence-electron chi connectivity index (χ3n) is 8.04. The molecule has 1 aromatic rings. The summed E-state index contributed by atoms with van der Waals surface area (Å²) in [5.74, 6) is 3.28. The topological polar surface area (TPSA) is 51.2 Å². The summed E-state index contributed by atoms with van der Waals surface area (Å²) in [5, 5.41) is 0. The van der Waals surface area contributed by atoms with Gasteiger partial charge >= 0.3 is 5.97 Å². The van der Waals surface area contributed by atoms with E-state index in [1.54, 1.807) is 14.2 Å². The number of carbonyl (C=O) groups excluding carboxylic acids is 1. The first-order valence-electron chi connectivity index (χ1n) is 12.7. The number of benzene rings is 1. The number of esters is 1. The van der Waals surface area contributed by atoms with E-state index in [1.807, 2.05) is 0 Å². The van der Waals surface area contributed by atoms with Gasteiger partial charge in [0.2, 0.25) is 0 Å². The number of carbonyl (C=O) groups is 1. The summed E-state index contributed by atoms with van der Waals surface area (Å²) >= 11 is 0. The summed E-state index contributed by atoms with van der Waals surface area (Å²) in [7, 11) is 5.53. The first-order valence-corrected chi connectivity index (χ1v) is 12.7. The lowest BCUT2D eigenvalue weighted by molar-refractivity contribution is -0.153. The van der Waals surface area contributed by atoms with Crippen molar-refractivity contribution in [1.82, 2.24) is 9.80 Å². The Morgan fingerprint density at radius 2 is 1.76 bits per heavy atom. The van der Waals surface area contributed by atoms with Gasteiger partial charge in [-0.2, -0.15) is 0 Å². The van der Waals surface area contributed by atoms with Crippen molar-refractivity contribution in [3.63, 3.8) is 0 Å². The summed E-state index contributed by atoms with van der Waals surface area (Å²) in [6.07, 6.45) is 5.08. The van der Waals surface area contributed by atoms with Crippen LogP contribution in [0.4, 0.5) is 0 Å². The molecule has 0 spiro atoms. The van der Waals surface area contributed by atoms with Crippen molar-refractivity contribution in [1.29, 1.82) is 0 Å². The Morgan fingerprint density at radius 3 is 2.42 bits per heavy atom. The minimum Gasteiger partial charge on any atom is -0.493 e. The summed E-state index contributed by atoms with van der Waals surface area (Å²) < 4.78 is 17.2. The lowest BCUT2D eigenvalue weighted by Crippen LogP contribution is -2.47. The molecule has 0 radical (unpaired) electrons. The van der Waals surface area contributed by atoms with Crippen molar-refractivity contribution in [2.45, 2.75) is 52.0 Å². The zero-order chi connectivity index (χ0) is 23.5. The van der Waals surface area contributed by atoms with Crippen LogP contribution in [0.1, 0.15) is 56.7 Å². The molecule has 3 aliphatic rings. The van der Waals surface area contributed by atoms with Crippen LogP contribution in [0.15, 0.2) is 12.1 Å². The molecule has 0 N–H and O–H groups in total. The van der Waals surface area contributed by atoms with E-state index in [9.17, 15) is 4.79 Å². The van der Waals surface area contributed by atoms with Gasteiger partial charge in [-0.1, -0.05) is 13.8 Å². The Labute approximate surface area is 199 Å². The Balaban J connectivity index is 1.49. The molecule has 0 amide bonds. The number of likely N-dealkylation sites (tertiary alicyclic amines) is 1. The van der Waals surface area contributed by atoms with Crippen molar-refractivity contribution in [3.8, 4) is 11.5 Å². The molecule has 2 saturated heterocycles. The van der Waals surface area contributed by atoms with Gasteiger partial charge in [0.15, 0.2) is 11.5 Å². The van der Waals surface area contributed by atoms with Crippen molar-refractivity contribution < 1.29 is 19.0 Å². The number of methoxy groups -OCH3 is 2. The van der Waals surface area contributed by atoms with Gasteiger partial charge in [-0.25, -0.2) is 0 Å². The minimum absolute atomic E-state index is 0.0178. The van der Waals surface area contributed by atoms with Crippen LogP contribution in [-0.2, 0) is 16.0 Å². The average molecular weight is 459 g/mol. The fraction of sp³-hybridized carbons (Fsp3) is 0.741. The number of hydrogen-bond acceptors (Lipinski definition) is 6. The molecule has 1 aromatic carbocycles. The molecule has 6 heteroatoms. The molecule has 3 atom stereocenters. The quantitative estimate of drug-likeness (QED) is 0.572. The largest absolute Gasteiger partial charge is 0.493 e. The van der Waals surface area contributed by atoms with Crippen molar-refractivity contribution in [3.05, 3.63) is 23.3 Å². The Hall–Kier alpha value is -1.79. The molecule has 33 heavy (non-hydrogen) atoms. The Bertz CT molecular complexity index is 819. The lowest BCUT2D eigenvalue weighted by Gasteiger charge is -2.47. The van der Waals surface area contributed by atoms with Crippen LogP contribution in [0, 0.1) is 23.7 Å². The second-order valence-corrected chi connectivity index (χ2v) is 10.8. The van der Waals surface area contributed by atoms with E-state index in [0.29, 0.717) is 30.4 Å². The zero-order valence-corrected chi connectivity index (χ0v) is 21.1. The van der Waals surface area contributed by atoms with E-state index in [0.717, 1.165) is 63.4 Å². The van der Waals surface area contributed by atoms with E-state index in [-0.39, 0.29) is 11.9 Å². The van der Waals surface area contributed by atoms with Gasteiger partial charge in [-0.15, -0.1) is 0 Å². The highest BCUT2D eigenvalue weighted by Crippen LogP contribution is 2.45. The van der Waals surface area contributed by atoms with Gasteiger partial charge in [0, 0.05) is 19.1 Å². The highest BCUT2D eigenvalue weighted by molar-refractivity contribution is 5.72. The highest BCUT2D eigenvalue weighted by Gasteiger charge is 2.40. The van der Waals surface area contributed by atoms with Gasteiger partial charge in [0.1, 0.15) is 0 Å². The third kappa shape index (κ3) is 5.48. The fourth-order valence-electron chi connectivity index (χ4n) is 6.13. The molecule has 4 rings (SSSR count). The molecule has 0 aromatic heterocycles. The molecule has 0 bridgehead atoms. The van der Waals surface area contributed by atoms with Crippen LogP contribution in [0.2, 0.25) is 0 Å². The predicted octanol–water partition coefficient (Wildman–Crippen LogP) is 4.17. The normalized spacial score (nSPS) is 26.5. The second-order valence-electron chi connectivity index (χ2n) is 10.8. The van der Waals surface area contributed by atoms with Crippen LogP contribution in [0.5, 0.6) is 11.5 Å². The maximum absolute atomic E-state index is 12.8. The molecule has 184 valence electrons.